The summed E-state index contributed by atoms with van der Waals surface area (Å²) in [5.74, 6) is 1.02. The van der Waals surface area contributed by atoms with Crippen LogP contribution in [0.25, 0.3) is 0 Å². The first-order valence-corrected chi connectivity index (χ1v) is 8.39. The van der Waals surface area contributed by atoms with Crippen LogP contribution in [-0.4, -0.2) is 48.1 Å². The number of carbonyl (C=O) groups is 1. The Morgan fingerprint density at radius 1 is 1.25 bits per heavy atom. The van der Waals surface area contributed by atoms with Crippen molar-refractivity contribution in [3.05, 3.63) is 48.7 Å². The lowest BCUT2D eigenvalue weighted by Gasteiger charge is -2.36. The SMILES string of the molecule is O=C1[C@@H]2CCN(Cc3ccco3)C[C@@H]2OCCN1c1cccnc1. The fourth-order valence-corrected chi connectivity index (χ4v) is 3.57. The maximum atomic E-state index is 13.0. The van der Waals surface area contributed by atoms with Crippen LogP contribution in [0.1, 0.15) is 12.2 Å². The average Bonchev–Trinajstić information content (AvgIpc) is 3.06. The maximum absolute atomic E-state index is 13.0. The zero-order valence-corrected chi connectivity index (χ0v) is 13.5. The summed E-state index contributed by atoms with van der Waals surface area (Å²) in [6.07, 6.45) is 5.91. The number of carbonyl (C=O) groups excluding carboxylic acids is 1. The largest absolute Gasteiger partial charge is 0.468 e. The number of furan rings is 1. The van der Waals surface area contributed by atoms with Gasteiger partial charge in [-0.15, -0.1) is 0 Å². The van der Waals surface area contributed by atoms with Gasteiger partial charge < -0.3 is 14.1 Å². The molecule has 0 aliphatic carbocycles. The second-order valence-corrected chi connectivity index (χ2v) is 6.32. The van der Waals surface area contributed by atoms with Crippen LogP contribution in [0.4, 0.5) is 5.69 Å². The summed E-state index contributed by atoms with van der Waals surface area (Å²) in [5.41, 5.74) is 0.852. The molecule has 0 N–H and O–H groups in total. The zero-order chi connectivity index (χ0) is 16.4. The molecule has 2 saturated heterocycles. The minimum Gasteiger partial charge on any atom is -0.468 e. The number of nitrogens with zero attached hydrogens (tertiary/aromatic N) is 3. The Kier molecular flexibility index (Phi) is 4.32. The van der Waals surface area contributed by atoms with E-state index in [0.29, 0.717) is 13.2 Å². The van der Waals surface area contributed by atoms with Crippen molar-refractivity contribution in [1.29, 1.82) is 0 Å². The van der Waals surface area contributed by atoms with Gasteiger partial charge in [-0.2, -0.15) is 0 Å². The van der Waals surface area contributed by atoms with Crippen LogP contribution in [0.3, 0.4) is 0 Å². The van der Waals surface area contributed by atoms with Crippen LogP contribution in [0.15, 0.2) is 47.3 Å². The van der Waals surface area contributed by atoms with Gasteiger partial charge in [0.05, 0.1) is 43.3 Å². The van der Waals surface area contributed by atoms with Gasteiger partial charge in [-0.3, -0.25) is 14.7 Å². The summed E-state index contributed by atoms with van der Waals surface area (Å²) >= 11 is 0. The monoisotopic (exact) mass is 327 g/mol. The van der Waals surface area contributed by atoms with Gasteiger partial charge in [0, 0.05) is 19.3 Å². The number of rotatable bonds is 3. The second kappa shape index (κ2) is 6.75. The number of aromatic nitrogens is 1. The van der Waals surface area contributed by atoms with Gasteiger partial charge in [0.15, 0.2) is 0 Å². The number of amides is 1. The molecule has 2 aromatic rings. The highest BCUT2D eigenvalue weighted by Crippen LogP contribution is 2.28. The molecule has 24 heavy (non-hydrogen) atoms. The molecule has 2 fully saturated rings. The predicted molar refractivity (Wildman–Crippen MR) is 88.4 cm³/mol. The lowest BCUT2D eigenvalue weighted by atomic mass is 9.92. The van der Waals surface area contributed by atoms with Crippen molar-refractivity contribution in [1.82, 2.24) is 9.88 Å². The van der Waals surface area contributed by atoms with E-state index in [9.17, 15) is 4.79 Å². The van der Waals surface area contributed by atoms with E-state index in [0.717, 1.165) is 37.5 Å². The summed E-state index contributed by atoms with van der Waals surface area (Å²) in [6, 6.07) is 7.67. The number of pyridine rings is 1. The van der Waals surface area contributed by atoms with Gasteiger partial charge in [-0.1, -0.05) is 0 Å². The molecule has 0 saturated carbocycles. The topological polar surface area (TPSA) is 58.8 Å². The molecule has 4 heterocycles. The Hall–Kier alpha value is -2.18. The number of likely N-dealkylation sites (tertiary alicyclic amines) is 1. The number of hydrogen-bond acceptors (Lipinski definition) is 5. The van der Waals surface area contributed by atoms with Crippen molar-refractivity contribution >= 4 is 11.6 Å². The van der Waals surface area contributed by atoms with Crippen LogP contribution < -0.4 is 4.90 Å². The lowest BCUT2D eigenvalue weighted by molar-refractivity contribution is -0.128. The van der Waals surface area contributed by atoms with Crippen molar-refractivity contribution < 1.29 is 13.9 Å². The van der Waals surface area contributed by atoms with E-state index >= 15 is 0 Å². The molecule has 0 bridgehead atoms. The Labute approximate surface area is 141 Å². The van der Waals surface area contributed by atoms with E-state index in [1.54, 1.807) is 18.7 Å². The Morgan fingerprint density at radius 2 is 2.21 bits per heavy atom. The van der Waals surface area contributed by atoms with E-state index in [4.69, 9.17) is 9.15 Å². The average molecular weight is 327 g/mol. The fourth-order valence-electron chi connectivity index (χ4n) is 3.57. The first-order valence-electron chi connectivity index (χ1n) is 8.39. The molecule has 2 atom stereocenters. The van der Waals surface area contributed by atoms with Crippen LogP contribution in [0.5, 0.6) is 0 Å². The van der Waals surface area contributed by atoms with E-state index in [-0.39, 0.29) is 17.9 Å². The molecule has 0 aromatic carbocycles. The number of ether oxygens (including phenoxy) is 1. The molecule has 2 aliphatic rings. The fraction of sp³-hybridized carbons (Fsp3) is 0.444. The third-order valence-corrected chi connectivity index (χ3v) is 4.79. The standard InChI is InChI=1S/C18H21N3O3/c22-18-16-5-7-20(12-15-4-2-9-23-15)13-17(16)24-10-8-21(18)14-3-1-6-19-11-14/h1-4,6,9,11,16-17H,5,7-8,10,12-13H2/t16-,17+/m1/s1. The summed E-state index contributed by atoms with van der Waals surface area (Å²) in [5, 5.41) is 0. The van der Waals surface area contributed by atoms with E-state index < -0.39 is 0 Å². The highest BCUT2D eigenvalue weighted by atomic mass is 16.5. The van der Waals surface area contributed by atoms with E-state index in [1.807, 2.05) is 29.2 Å². The third-order valence-electron chi connectivity index (χ3n) is 4.79. The van der Waals surface area contributed by atoms with Crippen LogP contribution in [0, 0.1) is 5.92 Å². The summed E-state index contributed by atoms with van der Waals surface area (Å²) < 4.78 is 11.5. The Balaban J connectivity index is 1.46. The quantitative estimate of drug-likeness (QED) is 0.862. The zero-order valence-electron chi connectivity index (χ0n) is 13.5. The van der Waals surface area contributed by atoms with Gasteiger partial charge in [-0.25, -0.2) is 0 Å². The van der Waals surface area contributed by atoms with Crippen molar-refractivity contribution in [2.45, 2.75) is 19.1 Å². The van der Waals surface area contributed by atoms with Gasteiger partial charge in [0.25, 0.3) is 0 Å². The number of fused-ring (bicyclic) bond motifs is 1. The lowest BCUT2D eigenvalue weighted by Crippen LogP contribution is -2.49. The molecule has 4 rings (SSSR count). The normalized spacial score (nSPS) is 25.3. The predicted octanol–water partition coefficient (Wildman–Crippen LogP) is 1.93. The van der Waals surface area contributed by atoms with Crippen LogP contribution >= 0.6 is 0 Å². The minimum absolute atomic E-state index is 0.0529. The molecule has 0 unspecified atom stereocenters. The summed E-state index contributed by atoms with van der Waals surface area (Å²) in [7, 11) is 0. The van der Waals surface area contributed by atoms with Gasteiger partial charge >= 0.3 is 0 Å². The molecular formula is C18H21N3O3. The summed E-state index contributed by atoms with van der Waals surface area (Å²) in [6.45, 7) is 3.53. The van der Waals surface area contributed by atoms with Crippen molar-refractivity contribution in [3.8, 4) is 0 Å². The summed E-state index contributed by atoms with van der Waals surface area (Å²) in [4.78, 5) is 21.2. The second-order valence-electron chi connectivity index (χ2n) is 6.32. The van der Waals surface area contributed by atoms with Crippen molar-refractivity contribution in [2.75, 3.05) is 31.1 Å². The highest BCUT2D eigenvalue weighted by molar-refractivity contribution is 5.95. The number of hydrogen-bond donors (Lipinski definition) is 0. The molecule has 6 heteroatoms. The van der Waals surface area contributed by atoms with Gasteiger partial charge in [0.2, 0.25) is 5.91 Å². The molecule has 126 valence electrons. The molecule has 0 radical (unpaired) electrons. The molecule has 0 spiro atoms. The van der Waals surface area contributed by atoms with Crippen LogP contribution in [-0.2, 0) is 16.1 Å². The Morgan fingerprint density at radius 3 is 3.00 bits per heavy atom. The van der Waals surface area contributed by atoms with Crippen molar-refractivity contribution in [2.24, 2.45) is 5.92 Å². The van der Waals surface area contributed by atoms with Gasteiger partial charge in [0.1, 0.15) is 5.76 Å². The van der Waals surface area contributed by atoms with Crippen LogP contribution in [0.2, 0.25) is 0 Å². The highest BCUT2D eigenvalue weighted by Gasteiger charge is 2.39. The molecule has 1 amide bonds. The smallest absolute Gasteiger partial charge is 0.232 e. The Bertz CT molecular complexity index is 674. The van der Waals surface area contributed by atoms with E-state index in [2.05, 4.69) is 9.88 Å². The molecule has 6 nitrogen and oxygen atoms in total. The number of piperidine rings is 1. The first kappa shape index (κ1) is 15.4. The number of anilines is 1. The van der Waals surface area contributed by atoms with Crippen molar-refractivity contribution in [3.63, 3.8) is 0 Å². The van der Waals surface area contributed by atoms with E-state index in [1.165, 1.54) is 0 Å². The minimum atomic E-state index is -0.0828. The third kappa shape index (κ3) is 3.07. The first-order chi connectivity index (χ1) is 11.8. The molecule has 2 aromatic heterocycles. The maximum Gasteiger partial charge on any atom is 0.232 e. The van der Waals surface area contributed by atoms with Gasteiger partial charge in [-0.05, 0) is 37.2 Å². The molecular weight excluding hydrogens is 306 g/mol. The molecule has 2 aliphatic heterocycles.